The third-order valence-electron chi connectivity index (χ3n) is 3.01. The molecule has 2 atom stereocenters. The first-order valence-corrected chi connectivity index (χ1v) is 5.53. The van der Waals surface area contributed by atoms with Gasteiger partial charge in [0.1, 0.15) is 0 Å². The Hall–Kier alpha value is -0.340. The second kappa shape index (κ2) is 5.52. The first kappa shape index (κ1) is 11.7. The smallest absolute Gasteiger partial charge is 0.0752 e. The van der Waals surface area contributed by atoms with E-state index >= 15 is 0 Å². The van der Waals surface area contributed by atoms with Crippen LogP contribution in [0.5, 0.6) is 0 Å². The molecule has 1 aliphatic carbocycles. The highest BCUT2D eigenvalue weighted by molar-refractivity contribution is 4.94. The maximum absolute atomic E-state index is 5.57. The molecule has 1 aliphatic rings. The fourth-order valence-electron chi connectivity index (χ4n) is 1.98. The minimum absolute atomic E-state index is 0.402. The van der Waals surface area contributed by atoms with Crippen molar-refractivity contribution in [3.63, 3.8) is 0 Å². The average Bonchev–Trinajstić information content (AvgIpc) is 2.95. The Morgan fingerprint density at radius 1 is 1.57 bits per heavy atom. The second-order valence-electron chi connectivity index (χ2n) is 4.43. The largest absolute Gasteiger partial charge is 0.380 e. The number of hydrogen-bond donors (Lipinski definition) is 1. The van der Waals surface area contributed by atoms with Crippen LogP contribution in [0.2, 0.25) is 0 Å². The third-order valence-corrected chi connectivity index (χ3v) is 3.01. The van der Waals surface area contributed by atoms with Gasteiger partial charge in [0.05, 0.1) is 6.10 Å². The topological polar surface area (TPSA) is 21.3 Å². The van der Waals surface area contributed by atoms with Crippen LogP contribution in [0.15, 0.2) is 12.2 Å². The fraction of sp³-hybridized carbons (Fsp3) is 0.833. The van der Waals surface area contributed by atoms with Gasteiger partial charge in [-0.2, -0.15) is 0 Å². The van der Waals surface area contributed by atoms with Crippen molar-refractivity contribution in [2.75, 3.05) is 14.2 Å². The molecule has 0 radical (unpaired) electrons. The molecule has 0 aromatic heterocycles. The molecule has 0 spiro atoms. The molecule has 82 valence electrons. The maximum atomic E-state index is 5.57. The van der Waals surface area contributed by atoms with Gasteiger partial charge in [-0.15, -0.1) is 6.58 Å². The van der Waals surface area contributed by atoms with Crippen LogP contribution in [0.25, 0.3) is 0 Å². The van der Waals surface area contributed by atoms with E-state index in [1.807, 2.05) is 14.2 Å². The lowest BCUT2D eigenvalue weighted by atomic mass is 9.99. The molecule has 2 unspecified atom stereocenters. The summed E-state index contributed by atoms with van der Waals surface area (Å²) in [5, 5.41) is 3.36. The molecule has 0 saturated heterocycles. The van der Waals surface area contributed by atoms with Crippen molar-refractivity contribution >= 4 is 0 Å². The molecule has 0 aliphatic heterocycles. The van der Waals surface area contributed by atoms with Crippen LogP contribution in [0.1, 0.15) is 32.6 Å². The molecule has 1 fully saturated rings. The quantitative estimate of drug-likeness (QED) is 0.633. The number of hydrogen-bond acceptors (Lipinski definition) is 2. The average molecular weight is 197 g/mol. The van der Waals surface area contributed by atoms with E-state index in [2.05, 4.69) is 18.8 Å². The molecule has 2 nitrogen and oxygen atoms in total. The van der Waals surface area contributed by atoms with Gasteiger partial charge in [0.2, 0.25) is 0 Å². The summed E-state index contributed by atoms with van der Waals surface area (Å²) in [5.41, 5.74) is 1.26. The SMILES string of the molecule is C=C(C)CCC(NC)C(OC)C1CC1. The monoisotopic (exact) mass is 197 g/mol. The van der Waals surface area contributed by atoms with Crippen LogP contribution >= 0.6 is 0 Å². The van der Waals surface area contributed by atoms with Crippen molar-refractivity contribution in [3.8, 4) is 0 Å². The van der Waals surface area contributed by atoms with Crippen LogP contribution in [-0.4, -0.2) is 26.3 Å². The molecule has 1 rings (SSSR count). The predicted molar refractivity (Wildman–Crippen MR) is 60.4 cm³/mol. The van der Waals surface area contributed by atoms with Gasteiger partial charge in [-0.1, -0.05) is 5.57 Å². The molecule has 0 amide bonds. The lowest BCUT2D eigenvalue weighted by molar-refractivity contribution is 0.0509. The van der Waals surface area contributed by atoms with Crippen LogP contribution in [0.3, 0.4) is 0 Å². The molecule has 1 saturated carbocycles. The van der Waals surface area contributed by atoms with Gasteiger partial charge in [0.15, 0.2) is 0 Å². The molecule has 1 N–H and O–H groups in total. The molecule has 14 heavy (non-hydrogen) atoms. The highest BCUT2D eigenvalue weighted by Gasteiger charge is 2.35. The molecular weight excluding hydrogens is 174 g/mol. The van der Waals surface area contributed by atoms with Crippen molar-refractivity contribution in [3.05, 3.63) is 12.2 Å². The minimum Gasteiger partial charge on any atom is -0.380 e. The Morgan fingerprint density at radius 2 is 2.21 bits per heavy atom. The summed E-state index contributed by atoms with van der Waals surface area (Å²) in [6.07, 6.45) is 5.31. The van der Waals surface area contributed by atoms with E-state index in [9.17, 15) is 0 Å². The molecule has 0 bridgehead atoms. The number of rotatable bonds is 7. The van der Waals surface area contributed by atoms with Crippen LogP contribution in [0.4, 0.5) is 0 Å². The van der Waals surface area contributed by atoms with Crippen molar-refractivity contribution in [2.45, 2.75) is 44.8 Å². The summed E-state index contributed by atoms with van der Waals surface area (Å²) in [5.74, 6) is 0.794. The number of methoxy groups -OCH3 is 1. The normalized spacial score (nSPS) is 20.5. The van der Waals surface area contributed by atoms with Gasteiger partial charge in [-0.25, -0.2) is 0 Å². The van der Waals surface area contributed by atoms with Crippen molar-refractivity contribution in [1.29, 1.82) is 0 Å². The first-order chi connectivity index (χ1) is 6.69. The predicted octanol–water partition coefficient (Wildman–Crippen LogP) is 2.36. The van der Waals surface area contributed by atoms with Crippen LogP contribution in [0, 0.1) is 5.92 Å². The van der Waals surface area contributed by atoms with Gasteiger partial charge in [0, 0.05) is 13.2 Å². The van der Waals surface area contributed by atoms with E-state index in [4.69, 9.17) is 4.74 Å². The number of ether oxygens (including phenoxy) is 1. The van der Waals surface area contributed by atoms with Gasteiger partial charge < -0.3 is 10.1 Å². The number of nitrogens with one attached hydrogen (secondary N) is 1. The van der Waals surface area contributed by atoms with Gasteiger partial charge in [-0.05, 0) is 45.6 Å². The van der Waals surface area contributed by atoms with Crippen molar-refractivity contribution < 1.29 is 4.74 Å². The zero-order valence-corrected chi connectivity index (χ0v) is 9.68. The van der Waals surface area contributed by atoms with Gasteiger partial charge >= 0.3 is 0 Å². The van der Waals surface area contributed by atoms with Crippen LogP contribution < -0.4 is 5.32 Å². The number of allylic oxidation sites excluding steroid dienone is 1. The Kier molecular flexibility index (Phi) is 4.63. The lowest BCUT2D eigenvalue weighted by Gasteiger charge is -2.25. The summed E-state index contributed by atoms with van der Waals surface area (Å²) in [4.78, 5) is 0. The highest BCUT2D eigenvalue weighted by atomic mass is 16.5. The van der Waals surface area contributed by atoms with E-state index < -0.39 is 0 Å². The molecular formula is C12H23NO. The summed E-state index contributed by atoms with van der Waals surface area (Å²) in [6, 6.07) is 0.490. The standard InChI is InChI=1S/C12H23NO/c1-9(2)5-8-11(13-3)12(14-4)10-6-7-10/h10-13H,1,5-8H2,2-4H3. The highest BCUT2D eigenvalue weighted by Crippen LogP contribution is 2.36. The molecule has 0 aromatic rings. The van der Waals surface area contributed by atoms with Crippen molar-refractivity contribution in [1.82, 2.24) is 5.32 Å². The Labute approximate surface area is 87.7 Å². The molecule has 2 heteroatoms. The summed E-state index contributed by atoms with van der Waals surface area (Å²) in [7, 11) is 3.85. The molecule has 0 aromatic carbocycles. The van der Waals surface area contributed by atoms with Gasteiger partial charge in [-0.3, -0.25) is 0 Å². The summed E-state index contributed by atoms with van der Waals surface area (Å²) < 4.78 is 5.57. The Morgan fingerprint density at radius 3 is 2.57 bits per heavy atom. The lowest BCUT2D eigenvalue weighted by Crippen LogP contribution is -2.40. The minimum atomic E-state index is 0.402. The van der Waals surface area contributed by atoms with Crippen molar-refractivity contribution in [2.24, 2.45) is 5.92 Å². The zero-order chi connectivity index (χ0) is 10.6. The third kappa shape index (κ3) is 3.43. The first-order valence-electron chi connectivity index (χ1n) is 5.53. The van der Waals surface area contributed by atoms with Gasteiger partial charge in [0.25, 0.3) is 0 Å². The summed E-state index contributed by atoms with van der Waals surface area (Å²) >= 11 is 0. The van der Waals surface area contributed by atoms with E-state index in [0.29, 0.717) is 12.1 Å². The zero-order valence-electron chi connectivity index (χ0n) is 9.68. The Bertz CT molecular complexity index is 187. The van der Waals surface area contributed by atoms with E-state index in [0.717, 1.165) is 18.8 Å². The Balaban J connectivity index is 2.37. The second-order valence-corrected chi connectivity index (χ2v) is 4.43. The van der Waals surface area contributed by atoms with Crippen LogP contribution in [-0.2, 0) is 4.74 Å². The summed E-state index contributed by atoms with van der Waals surface area (Å²) in [6.45, 7) is 6.03. The van der Waals surface area contributed by atoms with E-state index in [-0.39, 0.29) is 0 Å². The maximum Gasteiger partial charge on any atom is 0.0752 e. The van der Waals surface area contributed by atoms with E-state index in [1.54, 1.807) is 0 Å². The fourth-order valence-corrected chi connectivity index (χ4v) is 1.98. The molecule has 0 heterocycles. The van der Waals surface area contributed by atoms with E-state index in [1.165, 1.54) is 18.4 Å². The number of likely N-dealkylation sites (N-methyl/N-ethyl adjacent to an activating group) is 1.